The Morgan fingerprint density at radius 1 is 1.50 bits per heavy atom. The van der Waals surface area contributed by atoms with Crippen LogP contribution in [0.1, 0.15) is 11.1 Å². The predicted octanol–water partition coefficient (Wildman–Crippen LogP) is 2.78. The number of hydrogen-bond donors (Lipinski definition) is 0. The summed E-state index contributed by atoms with van der Waals surface area (Å²) in [4.78, 5) is 3.90. The lowest BCUT2D eigenvalue weighted by atomic mass is 10.2. The van der Waals surface area contributed by atoms with Gasteiger partial charge in [0, 0.05) is 18.3 Å². The molecule has 0 bridgehead atoms. The first-order valence-electron chi connectivity index (χ1n) is 2.90. The van der Waals surface area contributed by atoms with Gasteiger partial charge in [-0.2, -0.15) is 0 Å². The molecule has 0 spiro atoms. The molecular formula is C7H7Cl2N. The average molecular weight is 176 g/mol. The first-order valence-corrected chi connectivity index (χ1v) is 3.82. The van der Waals surface area contributed by atoms with Crippen molar-refractivity contribution in [3.05, 3.63) is 28.5 Å². The van der Waals surface area contributed by atoms with E-state index in [4.69, 9.17) is 23.2 Å². The first-order chi connectivity index (χ1) is 4.75. The second-order valence-electron chi connectivity index (χ2n) is 2.05. The van der Waals surface area contributed by atoms with E-state index in [0.717, 1.165) is 11.1 Å². The summed E-state index contributed by atoms with van der Waals surface area (Å²) in [6, 6.07) is 0. The number of hydrogen-bond acceptors (Lipinski definition) is 1. The van der Waals surface area contributed by atoms with Crippen molar-refractivity contribution < 1.29 is 0 Å². The Morgan fingerprint density at radius 2 is 2.20 bits per heavy atom. The van der Waals surface area contributed by atoms with Crippen molar-refractivity contribution in [1.29, 1.82) is 0 Å². The van der Waals surface area contributed by atoms with Crippen molar-refractivity contribution in [2.24, 2.45) is 0 Å². The van der Waals surface area contributed by atoms with E-state index >= 15 is 0 Å². The Hall–Kier alpha value is -0.270. The Balaban J connectivity index is 3.17. The summed E-state index contributed by atoms with van der Waals surface area (Å²) in [5.74, 6) is 0.452. The highest BCUT2D eigenvalue weighted by Crippen LogP contribution is 2.19. The lowest BCUT2D eigenvalue weighted by molar-refractivity contribution is 1.20. The van der Waals surface area contributed by atoms with Crippen LogP contribution in [0.25, 0.3) is 0 Å². The number of rotatable bonds is 1. The third-order valence-corrected chi connectivity index (χ3v) is 1.95. The Bertz CT molecular complexity index is 215. The minimum Gasteiger partial charge on any atom is -0.263 e. The fraction of sp³-hybridized carbons (Fsp3) is 0.286. The Labute approximate surface area is 70.0 Å². The quantitative estimate of drug-likeness (QED) is 0.599. The lowest BCUT2D eigenvalue weighted by Crippen LogP contribution is -1.87. The summed E-state index contributed by atoms with van der Waals surface area (Å²) >= 11 is 11.4. The van der Waals surface area contributed by atoms with Crippen molar-refractivity contribution in [3.63, 3.8) is 0 Å². The second kappa shape index (κ2) is 3.22. The van der Waals surface area contributed by atoms with Crippen LogP contribution in [0.15, 0.2) is 12.4 Å². The zero-order valence-electron chi connectivity index (χ0n) is 5.56. The molecule has 0 aromatic carbocycles. The van der Waals surface area contributed by atoms with Crippen LogP contribution < -0.4 is 0 Å². The zero-order chi connectivity index (χ0) is 7.56. The molecule has 0 N–H and O–H groups in total. The topological polar surface area (TPSA) is 12.9 Å². The summed E-state index contributed by atoms with van der Waals surface area (Å²) < 4.78 is 0. The number of nitrogens with zero attached hydrogens (tertiary/aromatic N) is 1. The van der Waals surface area contributed by atoms with Gasteiger partial charge in [-0.25, -0.2) is 0 Å². The van der Waals surface area contributed by atoms with Gasteiger partial charge in [-0.1, -0.05) is 11.6 Å². The number of aryl methyl sites for hydroxylation is 1. The summed E-state index contributed by atoms with van der Waals surface area (Å²) in [6.07, 6.45) is 3.36. The molecule has 0 aliphatic carbocycles. The zero-order valence-corrected chi connectivity index (χ0v) is 7.08. The first kappa shape index (κ1) is 7.83. The highest BCUT2D eigenvalue weighted by molar-refractivity contribution is 6.32. The van der Waals surface area contributed by atoms with Gasteiger partial charge in [-0.3, -0.25) is 4.98 Å². The van der Waals surface area contributed by atoms with Gasteiger partial charge in [0.25, 0.3) is 0 Å². The van der Waals surface area contributed by atoms with Gasteiger partial charge in [0.2, 0.25) is 0 Å². The largest absolute Gasteiger partial charge is 0.263 e. The summed E-state index contributed by atoms with van der Waals surface area (Å²) in [5, 5.41) is 0.648. The SMILES string of the molecule is Cc1cncc(Cl)c1CCl. The molecule has 1 aromatic rings. The van der Waals surface area contributed by atoms with E-state index in [1.807, 2.05) is 6.92 Å². The molecule has 0 unspecified atom stereocenters. The van der Waals surface area contributed by atoms with Crippen LogP contribution in [0.4, 0.5) is 0 Å². The summed E-state index contributed by atoms with van der Waals surface area (Å²) in [6.45, 7) is 1.94. The van der Waals surface area contributed by atoms with Crippen molar-refractivity contribution in [2.75, 3.05) is 0 Å². The van der Waals surface area contributed by atoms with Gasteiger partial charge in [-0.15, -0.1) is 11.6 Å². The van der Waals surface area contributed by atoms with Crippen LogP contribution in [-0.4, -0.2) is 4.98 Å². The standard InChI is InChI=1S/C7H7Cl2N/c1-5-3-10-4-7(9)6(5)2-8/h3-4H,2H2,1H3. The fourth-order valence-corrected chi connectivity index (χ4v) is 1.42. The molecule has 54 valence electrons. The van der Waals surface area contributed by atoms with Crippen LogP contribution in [0.5, 0.6) is 0 Å². The third-order valence-electron chi connectivity index (χ3n) is 1.35. The average Bonchev–Trinajstić information content (AvgIpc) is 1.88. The smallest absolute Gasteiger partial charge is 0.0636 e. The third kappa shape index (κ3) is 1.41. The van der Waals surface area contributed by atoms with Gasteiger partial charge in [-0.05, 0) is 18.1 Å². The van der Waals surface area contributed by atoms with E-state index in [1.165, 1.54) is 0 Å². The van der Waals surface area contributed by atoms with Gasteiger partial charge >= 0.3 is 0 Å². The lowest BCUT2D eigenvalue weighted by Gasteiger charge is -2.01. The van der Waals surface area contributed by atoms with Gasteiger partial charge in [0.05, 0.1) is 5.02 Å². The molecular weight excluding hydrogens is 169 g/mol. The molecule has 0 saturated carbocycles. The molecule has 0 saturated heterocycles. The number of aromatic nitrogens is 1. The van der Waals surface area contributed by atoms with Crippen molar-refractivity contribution in [2.45, 2.75) is 12.8 Å². The van der Waals surface area contributed by atoms with E-state index in [-0.39, 0.29) is 0 Å². The molecule has 0 amide bonds. The molecule has 1 aromatic heterocycles. The number of pyridine rings is 1. The second-order valence-corrected chi connectivity index (χ2v) is 2.72. The Morgan fingerprint density at radius 3 is 2.60 bits per heavy atom. The van der Waals surface area contributed by atoms with Gasteiger partial charge in [0.1, 0.15) is 0 Å². The van der Waals surface area contributed by atoms with Crippen molar-refractivity contribution in [3.8, 4) is 0 Å². The van der Waals surface area contributed by atoms with E-state index < -0.39 is 0 Å². The Kier molecular flexibility index (Phi) is 2.52. The highest BCUT2D eigenvalue weighted by Gasteiger charge is 2.00. The van der Waals surface area contributed by atoms with Crippen molar-refractivity contribution in [1.82, 2.24) is 4.98 Å². The molecule has 0 aliphatic rings. The predicted molar refractivity (Wildman–Crippen MR) is 43.5 cm³/mol. The molecule has 1 nitrogen and oxygen atoms in total. The highest BCUT2D eigenvalue weighted by atomic mass is 35.5. The summed E-state index contributed by atoms with van der Waals surface area (Å²) in [7, 11) is 0. The maximum atomic E-state index is 5.78. The molecule has 0 atom stereocenters. The molecule has 3 heteroatoms. The number of alkyl halides is 1. The molecule has 1 heterocycles. The van der Waals surface area contributed by atoms with Gasteiger partial charge in [0.15, 0.2) is 0 Å². The monoisotopic (exact) mass is 175 g/mol. The number of halogens is 2. The summed E-state index contributed by atoms with van der Waals surface area (Å²) in [5.41, 5.74) is 2.01. The molecule has 0 aliphatic heterocycles. The molecule has 1 rings (SSSR count). The van der Waals surface area contributed by atoms with Crippen LogP contribution >= 0.6 is 23.2 Å². The van der Waals surface area contributed by atoms with Crippen LogP contribution in [0.3, 0.4) is 0 Å². The maximum absolute atomic E-state index is 5.78. The van der Waals surface area contributed by atoms with E-state index in [1.54, 1.807) is 12.4 Å². The van der Waals surface area contributed by atoms with E-state index in [0.29, 0.717) is 10.9 Å². The van der Waals surface area contributed by atoms with Crippen LogP contribution in [-0.2, 0) is 5.88 Å². The van der Waals surface area contributed by atoms with Gasteiger partial charge < -0.3 is 0 Å². The van der Waals surface area contributed by atoms with Crippen LogP contribution in [0.2, 0.25) is 5.02 Å². The van der Waals surface area contributed by atoms with E-state index in [9.17, 15) is 0 Å². The maximum Gasteiger partial charge on any atom is 0.0636 e. The normalized spacial score (nSPS) is 9.90. The van der Waals surface area contributed by atoms with Crippen molar-refractivity contribution >= 4 is 23.2 Å². The molecule has 0 fully saturated rings. The fourth-order valence-electron chi connectivity index (χ4n) is 0.728. The van der Waals surface area contributed by atoms with Crippen LogP contribution in [0, 0.1) is 6.92 Å². The minimum absolute atomic E-state index is 0.452. The molecule has 0 radical (unpaired) electrons. The van der Waals surface area contributed by atoms with E-state index in [2.05, 4.69) is 4.98 Å². The molecule has 10 heavy (non-hydrogen) atoms. The minimum atomic E-state index is 0.452.